The Labute approximate surface area is 192 Å². The Morgan fingerprint density at radius 2 is 1.85 bits per heavy atom. The summed E-state index contributed by atoms with van der Waals surface area (Å²) in [5, 5.41) is 19.8. The lowest BCUT2D eigenvalue weighted by Gasteiger charge is -2.24. The van der Waals surface area contributed by atoms with Crippen LogP contribution in [0.25, 0.3) is 11.3 Å². The Kier molecular flexibility index (Phi) is 5.52. The number of benzene rings is 2. The van der Waals surface area contributed by atoms with E-state index in [1.54, 1.807) is 31.2 Å². The van der Waals surface area contributed by atoms with Crippen LogP contribution in [0.1, 0.15) is 28.4 Å². The molecule has 10 heteroatoms. The fourth-order valence-electron chi connectivity index (χ4n) is 3.49. The maximum atomic E-state index is 13.4. The number of hydrogen-bond donors (Lipinski definition) is 3. The van der Waals surface area contributed by atoms with E-state index in [0.717, 1.165) is 11.8 Å². The number of hydrogen-bond acceptors (Lipinski definition) is 6. The van der Waals surface area contributed by atoms with Crippen LogP contribution >= 0.6 is 0 Å². The maximum absolute atomic E-state index is 13.4. The summed E-state index contributed by atoms with van der Waals surface area (Å²) in [5.41, 5.74) is 0.584. The van der Waals surface area contributed by atoms with Crippen molar-refractivity contribution >= 4 is 23.9 Å². The van der Waals surface area contributed by atoms with E-state index in [1.165, 1.54) is 37.3 Å². The average Bonchev–Trinajstić information content (AvgIpc) is 3.12. The second-order valence-electron chi connectivity index (χ2n) is 7.88. The van der Waals surface area contributed by atoms with Crippen molar-refractivity contribution in [1.82, 2.24) is 4.98 Å². The van der Waals surface area contributed by atoms with Gasteiger partial charge in [-0.2, -0.15) is 0 Å². The van der Waals surface area contributed by atoms with Crippen molar-refractivity contribution < 1.29 is 33.0 Å². The number of carbonyl (C=O) groups is 2. The Bertz CT molecular complexity index is 1330. The molecule has 1 aliphatic heterocycles. The largest absolute Gasteiger partial charge is 0.586 e. The minimum absolute atomic E-state index is 0.0953. The predicted octanol–water partition coefficient (Wildman–Crippen LogP) is 4.62. The van der Waals surface area contributed by atoms with Gasteiger partial charge >= 0.3 is 12.3 Å². The van der Waals surface area contributed by atoms with E-state index in [2.05, 4.69) is 19.8 Å². The van der Waals surface area contributed by atoms with Crippen LogP contribution in [0.5, 0.6) is 11.5 Å². The van der Waals surface area contributed by atoms with Gasteiger partial charge in [-0.15, -0.1) is 8.78 Å². The summed E-state index contributed by atoms with van der Waals surface area (Å²) in [7, 11) is 0. The van der Waals surface area contributed by atoms with Crippen molar-refractivity contribution in [1.29, 1.82) is 5.41 Å². The van der Waals surface area contributed by atoms with Gasteiger partial charge in [0.2, 0.25) is 5.91 Å². The quantitative estimate of drug-likeness (QED) is 0.455. The molecule has 0 radical (unpaired) electrons. The summed E-state index contributed by atoms with van der Waals surface area (Å²) >= 11 is 0. The first-order valence-corrected chi connectivity index (χ1v) is 10.1. The van der Waals surface area contributed by atoms with E-state index in [4.69, 9.17) is 5.41 Å². The van der Waals surface area contributed by atoms with Gasteiger partial charge in [0.05, 0.1) is 11.3 Å². The highest BCUT2D eigenvalue weighted by Crippen LogP contribution is 2.43. The van der Waals surface area contributed by atoms with E-state index >= 15 is 0 Å². The summed E-state index contributed by atoms with van der Waals surface area (Å²) in [6, 6.07) is 13.4. The molecule has 1 aromatic heterocycles. The van der Waals surface area contributed by atoms with Crippen LogP contribution in [0.15, 0.2) is 54.6 Å². The molecular weight excluding hydrogens is 448 g/mol. The maximum Gasteiger partial charge on any atom is 0.586 e. The second kappa shape index (κ2) is 8.22. The van der Waals surface area contributed by atoms with Gasteiger partial charge in [0, 0.05) is 11.8 Å². The smallest absolute Gasteiger partial charge is 0.478 e. The summed E-state index contributed by atoms with van der Waals surface area (Å²) < 4.78 is 35.6. The number of aromatic carboxylic acids is 1. The molecule has 4 rings (SSSR count). The molecular formula is C24H19F2N3O5. The fraction of sp³-hybridized carbons (Fsp3) is 0.167. The van der Waals surface area contributed by atoms with Crippen molar-refractivity contribution in [2.24, 2.45) is 0 Å². The third kappa shape index (κ3) is 4.17. The van der Waals surface area contributed by atoms with E-state index in [0.29, 0.717) is 11.3 Å². The van der Waals surface area contributed by atoms with Crippen LogP contribution in [0.4, 0.5) is 14.6 Å². The Hall–Kier alpha value is -4.34. The molecule has 1 atom stereocenters. The van der Waals surface area contributed by atoms with Gasteiger partial charge in [0.1, 0.15) is 11.2 Å². The zero-order valence-corrected chi connectivity index (χ0v) is 18.1. The van der Waals surface area contributed by atoms with Gasteiger partial charge in [0.15, 0.2) is 11.5 Å². The zero-order valence-electron chi connectivity index (χ0n) is 18.1. The zero-order chi connectivity index (χ0) is 24.7. The van der Waals surface area contributed by atoms with Gasteiger partial charge in [-0.25, -0.2) is 9.78 Å². The van der Waals surface area contributed by atoms with Gasteiger partial charge in [-0.3, -0.25) is 4.79 Å². The van der Waals surface area contributed by atoms with Crippen LogP contribution < -0.4 is 14.8 Å². The molecule has 2 aromatic carbocycles. The molecule has 3 N–H and O–H groups in total. The van der Waals surface area contributed by atoms with E-state index < -0.39 is 23.6 Å². The molecule has 8 nitrogen and oxygen atoms in total. The first kappa shape index (κ1) is 22.8. The summed E-state index contributed by atoms with van der Waals surface area (Å²) in [6.07, 6.45) is -2.91. The number of halogens is 2. The number of nitrogens with one attached hydrogen (secondary N) is 2. The number of fused-ring (bicyclic) bond motifs is 1. The summed E-state index contributed by atoms with van der Waals surface area (Å²) in [5.74, 6) is -1.94. The molecule has 3 aromatic rings. The highest BCUT2D eigenvalue weighted by molar-refractivity contribution is 6.09. The van der Waals surface area contributed by atoms with Crippen LogP contribution in [0.3, 0.4) is 0 Å². The number of pyridine rings is 1. The third-order valence-corrected chi connectivity index (χ3v) is 5.48. The first-order chi connectivity index (χ1) is 16.0. The summed E-state index contributed by atoms with van der Waals surface area (Å²) in [4.78, 5) is 28.9. The van der Waals surface area contributed by atoms with Crippen molar-refractivity contribution in [3.05, 3.63) is 71.3 Å². The molecule has 0 saturated carbocycles. The van der Waals surface area contributed by atoms with Gasteiger partial charge in [-0.05, 0) is 55.3 Å². The molecule has 0 bridgehead atoms. The number of aromatic nitrogens is 1. The normalized spacial score (nSPS) is 15.3. The molecule has 1 amide bonds. The number of aryl methyl sites for hydroxylation is 1. The van der Waals surface area contributed by atoms with Crippen molar-refractivity contribution in [2.45, 2.75) is 25.6 Å². The second-order valence-corrected chi connectivity index (χ2v) is 7.88. The number of alkyl halides is 2. The van der Waals surface area contributed by atoms with Gasteiger partial charge in [0.25, 0.3) is 0 Å². The number of carbonyl (C=O) groups excluding carboxylic acids is 1. The van der Waals surface area contributed by atoms with Crippen molar-refractivity contribution in [3.8, 4) is 22.8 Å². The van der Waals surface area contributed by atoms with Gasteiger partial charge in [-0.1, -0.05) is 24.3 Å². The summed E-state index contributed by atoms with van der Waals surface area (Å²) in [6.45, 7) is 3.25. The first-order valence-electron chi connectivity index (χ1n) is 10.1. The number of amides is 1. The topological polar surface area (TPSA) is 122 Å². The molecule has 1 aliphatic rings. The van der Waals surface area contributed by atoms with Crippen molar-refractivity contribution in [3.63, 3.8) is 0 Å². The lowest BCUT2D eigenvalue weighted by atomic mass is 9.82. The molecule has 0 spiro atoms. The molecule has 2 heterocycles. The van der Waals surface area contributed by atoms with Crippen molar-refractivity contribution in [2.75, 3.05) is 5.32 Å². The number of rotatable bonds is 6. The molecule has 174 valence electrons. The number of carboxylic acids is 1. The third-order valence-electron chi connectivity index (χ3n) is 5.48. The molecule has 1 unspecified atom stereocenters. The SMILES string of the molecule is Cc1ccc(NC(=O)C(C)(C=N)c2ccc3c(c2)OC(F)(F)O3)nc1-c1cccc(C(=O)O)c1. The number of ether oxygens (including phenoxy) is 2. The number of carboxylic acid groups (broad SMARTS) is 1. The van der Waals surface area contributed by atoms with E-state index in [-0.39, 0.29) is 28.4 Å². The number of anilines is 1. The van der Waals surface area contributed by atoms with E-state index in [9.17, 15) is 23.5 Å². The average molecular weight is 467 g/mol. The highest BCUT2D eigenvalue weighted by atomic mass is 19.3. The van der Waals surface area contributed by atoms with Crippen LogP contribution in [-0.4, -0.2) is 34.5 Å². The minimum atomic E-state index is -3.80. The Morgan fingerprint density at radius 1 is 1.12 bits per heavy atom. The molecule has 0 aliphatic carbocycles. The number of nitrogens with zero attached hydrogens (tertiary/aromatic N) is 1. The Morgan fingerprint density at radius 3 is 2.56 bits per heavy atom. The van der Waals surface area contributed by atoms with Crippen LogP contribution in [-0.2, 0) is 10.2 Å². The monoisotopic (exact) mass is 467 g/mol. The molecule has 34 heavy (non-hydrogen) atoms. The van der Waals surface area contributed by atoms with Crippen LogP contribution in [0.2, 0.25) is 0 Å². The lowest BCUT2D eigenvalue weighted by Crippen LogP contribution is -2.39. The Balaban J connectivity index is 1.63. The fourth-order valence-corrected chi connectivity index (χ4v) is 3.49. The van der Waals surface area contributed by atoms with E-state index in [1.807, 2.05) is 0 Å². The predicted molar refractivity (Wildman–Crippen MR) is 119 cm³/mol. The lowest BCUT2D eigenvalue weighted by molar-refractivity contribution is -0.286. The van der Waals surface area contributed by atoms with Crippen LogP contribution in [0, 0.1) is 12.3 Å². The molecule has 0 fully saturated rings. The standard InChI is InChI=1S/C24H19F2N3O5/c1-13-6-9-19(28-20(13)14-4-3-5-15(10-14)21(30)31)29-22(32)23(2,12-27)16-7-8-17-18(11-16)34-24(25,26)33-17/h3-12,27H,1-2H3,(H,30,31)(H,28,29,32). The highest BCUT2D eigenvalue weighted by Gasteiger charge is 2.44. The molecule has 0 saturated heterocycles. The van der Waals surface area contributed by atoms with Gasteiger partial charge < -0.3 is 25.3 Å². The minimum Gasteiger partial charge on any atom is -0.478 e.